The number of carbonyl (C=O) groups excluding carboxylic acids is 2. The molecule has 1 aliphatic rings. The van der Waals surface area contributed by atoms with E-state index in [9.17, 15) is 14.7 Å². The molecule has 0 saturated heterocycles. The lowest BCUT2D eigenvalue weighted by molar-refractivity contribution is -0.190. The molecule has 4 aromatic rings. The van der Waals surface area contributed by atoms with Gasteiger partial charge < -0.3 is 34.1 Å². The van der Waals surface area contributed by atoms with Crippen molar-refractivity contribution in [3.63, 3.8) is 0 Å². The van der Waals surface area contributed by atoms with Crippen molar-refractivity contribution < 1.29 is 38.4 Å². The summed E-state index contributed by atoms with van der Waals surface area (Å²) >= 11 is 10.1. The summed E-state index contributed by atoms with van der Waals surface area (Å²) < 4.78 is 31.0. The Morgan fingerprint density at radius 2 is 1.24 bits per heavy atom. The van der Waals surface area contributed by atoms with Gasteiger partial charge in [-0.25, -0.2) is 9.59 Å². The normalized spacial score (nSPS) is 14.3. The van der Waals surface area contributed by atoms with Gasteiger partial charge in [0.25, 0.3) is 0 Å². The van der Waals surface area contributed by atoms with E-state index in [1.54, 1.807) is 60.7 Å². The van der Waals surface area contributed by atoms with E-state index in [0.717, 1.165) is 19.0 Å². The molecule has 12 heteroatoms. The summed E-state index contributed by atoms with van der Waals surface area (Å²) in [6.07, 6.45) is -0.168. The molecule has 5 rings (SSSR count). The van der Waals surface area contributed by atoms with Crippen LogP contribution in [0.1, 0.15) is 12.5 Å². The third kappa shape index (κ3) is 8.65. The molecular formula is C33H28Br3NO8. The SMILES string of the molecule is CC(Cc1ccc2c(c1)OC(C(=O)Oc1ccc(Br)cc1)(C(=O)Oc1ccc(Br)cc1)O2)NCC(O)COc1ccc(Br)cc1. The van der Waals surface area contributed by atoms with E-state index in [-0.39, 0.29) is 35.6 Å². The second-order valence-electron chi connectivity index (χ2n) is 10.2. The Kier molecular flexibility index (Phi) is 10.8. The van der Waals surface area contributed by atoms with Gasteiger partial charge in [0.05, 0.1) is 0 Å². The number of fused-ring (bicyclic) bond motifs is 1. The lowest BCUT2D eigenvalue weighted by Gasteiger charge is -2.23. The molecule has 2 unspecified atom stereocenters. The number of aliphatic hydroxyl groups is 1. The van der Waals surface area contributed by atoms with E-state index in [1.807, 2.05) is 37.3 Å². The third-order valence-electron chi connectivity index (χ3n) is 6.60. The topological polar surface area (TPSA) is 113 Å². The first-order valence-corrected chi connectivity index (χ1v) is 16.2. The number of nitrogens with one attached hydrogen (secondary N) is 1. The zero-order chi connectivity index (χ0) is 32.0. The van der Waals surface area contributed by atoms with E-state index in [2.05, 4.69) is 53.1 Å². The van der Waals surface area contributed by atoms with Gasteiger partial charge in [0, 0.05) is 26.0 Å². The van der Waals surface area contributed by atoms with Gasteiger partial charge >= 0.3 is 17.7 Å². The average Bonchev–Trinajstić information content (AvgIpc) is 3.42. The van der Waals surface area contributed by atoms with Crippen LogP contribution in [-0.2, 0) is 16.0 Å². The number of halogens is 3. The van der Waals surface area contributed by atoms with Crippen LogP contribution >= 0.6 is 47.8 Å². The molecule has 0 saturated carbocycles. The molecule has 234 valence electrons. The van der Waals surface area contributed by atoms with Crippen molar-refractivity contribution in [3.8, 4) is 28.7 Å². The van der Waals surface area contributed by atoms with E-state index >= 15 is 0 Å². The monoisotopic (exact) mass is 803 g/mol. The fraction of sp³-hybridized carbons (Fsp3) is 0.212. The summed E-state index contributed by atoms with van der Waals surface area (Å²) in [7, 11) is 0. The first-order valence-electron chi connectivity index (χ1n) is 13.9. The number of hydrogen-bond acceptors (Lipinski definition) is 9. The minimum absolute atomic E-state index is 0.0396. The van der Waals surface area contributed by atoms with Crippen molar-refractivity contribution in [2.75, 3.05) is 13.2 Å². The average molecular weight is 806 g/mol. The molecule has 4 aromatic carbocycles. The maximum Gasteiger partial charge on any atom is 0.454 e. The fourth-order valence-corrected chi connectivity index (χ4v) is 5.12. The second-order valence-corrected chi connectivity index (χ2v) is 13.0. The maximum atomic E-state index is 13.5. The molecule has 1 heterocycles. The van der Waals surface area contributed by atoms with E-state index in [4.69, 9.17) is 23.7 Å². The van der Waals surface area contributed by atoms with E-state index in [1.165, 1.54) is 0 Å². The Bertz CT molecular complexity index is 1570. The van der Waals surface area contributed by atoms with Crippen molar-refractivity contribution in [1.82, 2.24) is 5.32 Å². The van der Waals surface area contributed by atoms with Crippen molar-refractivity contribution >= 4 is 59.7 Å². The highest BCUT2D eigenvalue weighted by Gasteiger charge is 2.60. The molecule has 0 amide bonds. The van der Waals surface area contributed by atoms with Crippen LogP contribution in [0.4, 0.5) is 0 Å². The second kappa shape index (κ2) is 14.8. The predicted octanol–water partition coefficient (Wildman–Crippen LogP) is 6.61. The molecule has 0 aliphatic carbocycles. The summed E-state index contributed by atoms with van der Waals surface area (Å²) in [5, 5.41) is 13.7. The third-order valence-corrected chi connectivity index (χ3v) is 8.19. The smallest absolute Gasteiger partial charge is 0.454 e. The highest BCUT2D eigenvalue weighted by molar-refractivity contribution is 9.11. The van der Waals surface area contributed by atoms with Crippen LogP contribution in [0.15, 0.2) is 104 Å². The number of hydrogen-bond donors (Lipinski definition) is 2. The molecule has 0 spiro atoms. The van der Waals surface area contributed by atoms with Crippen molar-refractivity contribution in [2.24, 2.45) is 0 Å². The van der Waals surface area contributed by atoms with Gasteiger partial charge in [0.1, 0.15) is 30.0 Å². The lowest BCUT2D eigenvalue weighted by Crippen LogP contribution is -2.58. The number of ether oxygens (including phenoxy) is 5. The summed E-state index contributed by atoms with van der Waals surface area (Å²) in [6, 6.07) is 25.5. The van der Waals surface area contributed by atoms with Crippen LogP contribution in [0.3, 0.4) is 0 Å². The highest BCUT2D eigenvalue weighted by Crippen LogP contribution is 2.42. The maximum absolute atomic E-state index is 13.5. The lowest BCUT2D eigenvalue weighted by atomic mass is 10.1. The zero-order valence-electron chi connectivity index (χ0n) is 23.9. The van der Waals surface area contributed by atoms with Crippen LogP contribution in [0, 0.1) is 0 Å². The molecular weight excluding hydrogens is 778 g/mol. The Balaban J connectivity index is 1.24. The molecule has 2 atom stereocenters. The van der Waals surface area contributed by atoms with Gasteiger partial charge in [-0.1, -0.05) is 53.9 Å². The van der Waals surface area contributed by atoms with Crippen LogP contribution in [0.5, 0.6) is 28.7 Å². The predicted molar refractivity (Wildman–Crippen MR) is 177 cm³/mol. The van der Waals surface area contributed by atoms with Gasteiger partial charge in [-0.3, -0.25) is 0 Å². The summed E-state index contributed by atoms with van der Waals surface area (Å²) in [5.74, 6) is -3.33. The van der Waals surface area contributed by atoms with Crippen molar-refractivity contribution in [1.29, 1.82) is 0 Å². The molecule has 2 N–H and O–H groups in total. The summed E-state index contributed by atoms with van der Waals surface area (Å²) in [4.78, 5) is 27.0. The molecule has 1 aliphatic heterocycles. The number of benzene rings is 4. The zero-order valence-corrected chi connectivity index (χ0v) is 28.6. The quantitative estimate of drug-likeness (QED) is 0.0929. The summed E-state index contributed by atoms with van der Waals surface area (Å²) in [5.41, 5.74) is 0.844. The molecule has 0 fully saturated rings. The van der Waals surface area contributed by atoms with Gasteiger partial charge in [0.15, 0.2) is 11.5 Å². The minimum atomic E-state index is -2.54. The van der Waals surface area contributed by atoms with E-state index < -0.39 is 23.8 Å². The van der Waals surface area contributed by atoms with Crippen LogP contribution in [0.25, 0.3) is 0 Å². The number of rotatable bonds is 12. The van der Waals surface area contributed by atoms with Crippen LogP contribution in [-0.4, -0.2) is 48.1 Å². The van der Waals surface area contributed by atoms with Gasteiger partial charge in [-0.15, -0.1) is 0 Å². The first kappa shape index (κ1) is 33.0. The Morgan fingerprint density at radius 3 is 1.78 bits per heavy atom. The number of aliphatic hydroxyl groups excluding tert-OH is 1. The summed E-state index contributed by atoms with van der Waals surface area (Å²) in [6.45, 7) is 2.43. The Hall–Kier alpha value is -3.42. The largest absolute Gasteiger partial charge is 0.491 e. The van der Waals surface area contributed by atoms with Crippen LogP contribution in [0.2, 0.25) is 0 Å². The highest BCUT2D eigenvalue weighted by atomic mass is 79.9. The minimum Gasteiger partial charge on any atom is -0.491 e. The van der Waals surface area contributed by atoms with Crippen molar-refractivity contribution in [3.05, 3.63) is 110 Å². The van der Waals surface area contributed by atoms with Crippen molar-refractivity contribution in [2.45, 2.75) is 31.3 Å². The Labute approximate surface area is 285 Å². The fourth-order valence-electron chi connectivity index (χ4n) is 4.32. The number of carbonyl (C=O) groups is 2. The van der Waals surface area contributed by atoms with Gasteiger partial charge in [-0.2, -0.15) is 0 Å². The van der Waals surface area contributed by atoms with Crippen LogP contribution < -0.4 is 29.0 Å². The molecule has 0 bridgehead atoms. The Morgan fingerprint density at radius 1 is 0.756 bits per heavy atom. The van der Waals surface area contributed by atoms with Gasteiger partial charge in [0.2, 0.25) is 0 Å². The number of esters is 2. The molecule has 9 nitrogen and oxygen atoms in total. The van der Waals surface area contributed by atoms with E-state index in [0.29, 0.717) is 18.7 Å². The molecule has 0 radical (unpaired) electrons. The molecule has 45 heavy (non-hydrogen) atoms. The van der Waals surface area contributed by atoms with Gasteiger partial charge in [-0.05, 0) is 104 Å². The molecule has 0 aromatic heterocycles. The first-order chi connectivity index (χ1) is 21.6. The standard InChI is InChI=1S/C33H28Br3NO8/c1-20(37-18-25(38)19-41-26-9-3-22(34)4-10-26)16-21-2-15-29-30(17-21)45-33(44-29,31(39)42-27-11-5-23(35)6-12-27)32(40)43-28-13-7-24(36)8-14-28/h2-15,17,20,25,37-38H,16,18-19H2,1H3.